The lowest BCUT2D eigenvalue weighted by atomic mass is 10.0. The summed E-state index contributed by atoms with van der Waals surface area (Å²) in [6.07, 6.45) is -3.11. The highest BCUT2D eigenvalue weighted by Gasteiger charge is 2.34. The van der Waals surface area contributed by atoms with Crippen LogP contribution in [0.2, 0.25) is 0 Å². The van der Waals surface area contributed by atoms with Crippen molar-refractivity contribution in [1.82, 2.24) is 29.3 Å². The largest absolute Gasteiger partial charge is 0.416 e. The van der Waals surface area contributed by atoms with Crippen LogP contribution in [0.25, 0.3) is 22.4 Å². The zero-order valence-electron chi connectivity index (χ0n) is 24.4. The number of amides is 1. The number of nitrogens with one attached hydrogen (secondary N) is 2. The monoisotopic (exact) mass is 594 g/mol. The molecule has 1 saturated heterocycles. The molecule has 0 saturated carbocycles. The van der Waals surface area contributed by atoms with Crippen LogP contribution in [0.5, 0.6) is 0 Å². The molecule has 0 atom stereocenters. The number of carbonyl (C=O) groups is 1. The fourth-order valence-corrected chi connectivity index (χ4v) is 5.19. The number of fused-ring (bicyclic) bond motifs is 1. The van der Waals surface area contributed by atoms with Crippen molar-refractivity contribution in [3.63, 3.8) is 0 Å². The van der Waals surface area contributed by atoms with E-state index in [1.54, 1.807) is 39.2 Å². The van der Waals surface area contributed by atoms with Crippen LogP contribution in [0.3, 0.4) is 0 Å². The molecule has 2 aromatic heterocycles. The molecular formula is C30H33F3N8O2. The number of aryl methyl sites for hydroxylation is 2. The topological polar surface area (TPSA) is 108 Å². The molecule has 3 heterocycles. The average molecular weight is 595 g/mol. The van der Waals surface area contributed by atoms with Crippen molar-refractivity contribution in [2.75, 3.05) is 50.4 Å². The number of piperazine rings is 1. The van der Waals surface area contributed by atoms with E-state index in [4.69, 9.17) is 0 Å². The van der Waals surface area contributed by atoms with Crippen LogP contribution in [0, 0.1) is 6.92 Å². The Bertz CT molecular complexity index is 1730. The lowest BCUT2D eigenvalue weighted by molar-refractivity contribution is -0.138. The van der Waals surface area contributed by atoms with Crippen molar-refractivity contribution in [3.05, 3.63) is 75.2 Å². The maximum Gasteiger partial charge on any atom is 0.416 e. The first-order valence-corrected chi connectivity index (χ1v) is 14.0. The Morgan fingerprint density at radius 3 is 2.42 bits per heavy atom. The minimum absolute atomic E-state index is 0.119. The summed E-state index contributed by atoms with van der Waals surface area (Å²) < 4.78 is 43.6. The molecule has 10 nitrogen and oxygen atoms in total. The summed E-state index contributed by atoms with van der Waals surface area (Å²) in [6.45, 7) is 7.91. The molecule has 0 aliphatic carbocycles. The van der Waals surface area contributed by atoms with E-state index in [0.717, 1.165) is 31.3 Å². The van der Waals surface area contributed by atoms with Crippen molar-refractivity contribution in [3.8, 4) is 11.3 Å². The van der Waals surface area contributed by atoms with Crippen LogP contribution in [0.1, 0.15) is 34.0 Å². The van der Waals surface area contributed by atoms with E-state index >= 15 is 0 Å². The number of likely N-dealkylation sites (N-methyl/N-ethyl adjacent to an activating group) is 1. The number of anilines is 2. The van der Waals surface area contributed by atoms with Crippen LogP contribution < -0.4 is 16.2 Å². The number of alkyl halides is 3. The summed E-state index contributed by atoms with van der Waals surface area (Å²) >= 11 is 0. The number of rotatable bonds is 7. The predicted octanol–water partition coefficient (Wildman–Crippen LogP) is 4.15. The van der Waals surface area contributed by atoms with E-state index in [1.807, 2.05) is 4.90 Å². The molecular weight excluding hydrogens is 561 g/mol. The number of aromatic nitrogens is 4. The molecule has 43 heavy (non-hydrogen) atoms. The summed E-state index contributed by atoms with van der Waals surface area (Å²) in [5, 5.41) is 5.51. The first-order valence-electron chi connectivity index (χ1n) is 14.0. The van der Waals surface area contributed by atoms with E-state index in [2.05, 4.69) is 37.4 Å². The number of carbonyl (C=O) groups excluding carboxylic acids is 1. The fraction of sp³-hybridized carbons (Fsp3) is 0.367. The molecule has 226 valence electrons. The first-order chi connectivity index (χ1) is 20.5. The van der Waals surface area contributed by atoms with E-state index in [0.29, 0.717) is 41.5 Å². The zero-order chi connectivity index (χ0) is 30.9. The maximum absolute atomic E-state index is 14.1. The van der Waals surface area contributed by atoms with Gasteiger partial charge in [-0.05, 0) is 48.9 Å². The van der Waals surface area contributed by atoms with E-state index in [-0.39, 0.29) is 23.4 Å². The number of benzene rings is 2. The van der Waals surface area contributed by atoms with Crippen molar-refractivity contribution in [1.29, 1.82) is 0 Å². The van der Waals surface area contributed by atoms with Gasteiger partial charge in [-0.1, -0.05) is 19.1 Å². The standard InChI is InChI=1S/C30H33F3N8O2/c1-5-40-10-12-41(13-11-40)17-20-8-7-19(14-23(20)30(31,32)33)27(42)36-21-9-6-18(2)22(15-21)25-28(43)39(4)26-24(37-25)16-35-29(34-3)38-26/h6-9,14-16H,5,10-13,17H2,1-4H3,(H,36,42)(H,34,35,38). The van der Waals surface area contributed by atoms with E-state index < -0.39 is 23.2 Å². The minimum Gasteiger partial charge on any atom is -0.357 e. The lowest BCUT2D eigenvalue weighted by Crippen LogP contribution is -2.45. The van der Waals surface area contributed by atoms with Gasteiger partial charge in [0, 0.05) is 63.6 Å². The van der Waals surface area contributed by atoms with Gasteiger partial charge in [0.05, 0.1) is 11.8 Å². The Hall–Kier alpha value is -4.36. The summed E-state index contributed by atoms with van der Waals surface area (Å²) in [6, 6.07) is 8.62. The van der Waals surface area contributed by atoms with Gasteiger partial charge < -0.3 is 15.5 Å². The third kappa shape index (κ3) is 6.37. The highest BCUT2D eigenvalue weighted by atomic mass is 19.4. The van der Waals surface area contributed by atoms with Gasteiger partial charge in [-0.3, -0.25) is 19.1 Å². The number of halogens is 3. The van der Waals surface area contributed by atoms with E-state index in [9.17, 15) is 22.8 Å². The molecule has 4 aromatic rings. The Morgan fingerprint density at radius 1 is 1.02 bits per heavy atom. The molecule has 0 bridgehead atoms. The minimum atomic E-state index is -4.62. The predicted molar refractivity (Wildman–Crippen MR) is 159 cm³/mol. The fourth-order valence-electron chi connectivity index (χ4n) is 5.19. The molecule has 1 aliphatic heterocycles. The van der Waals surface area contributed by atoms with Gasteiger partial charge in [0.25, 0.3) is 11.5 Å². The second-order valence-electron chi connectivity index (χ2n) is 10.5. The van der Waals surface area contributed by atoms with Gasteiger partial charge in [-0.15, -0.1) is 0 Å². The Kier molecular flexibility index (Phi) is 8.47. The van der Waals surface area contributed by atoms with Crippen molar-refractivity contribution < 1.29 is 18.0 Å². The molecule has 1 aliphatic rings. The quantitative estimate of drug-likeness (QED) is 0.329. The van der Waals surface area contributed by atoms with Crippen molar-refractivity contribution in [2.45, 2.75) is 26.6 Å². The Labute approximate surface area is 246 Å². The number of nitrogens with zero attached hydrogens (tertiary/aromatic N) is 6. The van der Waals surface area contributed by atoms with Crippen LogP contribution in [0.4, 0.5) is 24.8 Å². The molecule has 2 N–H and O–H groups in total. The maximum atomic E-state index is 14.1. The lowest BCUT2D eigenvalue weighted by Gasteiger charge is -2.34. The molecule has 2 aromatic carbocycles. The third-order valence-corrected chi connectivity index (χ3v) is 7.76. The smallest absolute Gasteiger partial charge is 0.357 e. The van der Waals surface area contributed by atoms with Crippen LogP contribution in [-0.2, 0) is 19.8 Å². The number of hydrogen-bond donors (Lipinski definition) is 2. The SMILES string of the molecule is CCN1CCN(Cc2ccc(C(=O)Nc3ccc(C)c(-c4nc5cnc(NC)nc5n(C)c4=O)c3)cc2C(F)(F)F)CC1. The molecule has 1 amide bonds. The Morgan fingerprint density at radius 2 is 1.74 bits per heavy atom. The zero-order valence-corrected chi connectivity index (χ0v) is 24.4. The highest BCUT2D eigenvalue weighted by Crippen LogP contribution is 2.34. The molecule has 0 spiro atoms. The van der Waals surface area contributed by atoms with Crippen molar-refractivity contribution >= 4 is 28.7 Å². The second-order valence-corrected chi connectivity index (χ2v) is 10.5. The normalized spacial score (nSPS) is 14.7. The van der Waals surface area contributed by atoms with Crippen molar-refractivity contribution in [2.24, 2.45) is 7.05 Å². The highest BCUT2D eigenvalue weighted by molar-refractivity contribution is 6.04. The summed E-state index contributed by atoms with van der Waals surface area (Å²) in [5.74, 6) is -0.356. The third-order valence-electron chi connectivity index (χ3n) is 7.76. The molecule has 0 unspecified atom stereocenters. The molecule has 13 heteroatoms. The van der Waals surface area contributed by atoms with Gasteiger partial charge in [0.15, 0.2) is 5.65 Å². The average Bonchev–Trinajstić information content (AvgIpc) is 2.99. The van der Waals surface area contributed by atoms with Gasteiger partial charge >= 0.3 is 6.18 Å². The summed E-state index contributed by atoms with van der Waals surface area (Å²) in [4.78, 5) is 43.6. The molecule has 5 rings (SSSR count). The van der Waals surface area contributed by atoms with Gasteiger partial charge in [-0.2, -0.15) is 18.2 Å². The second kappa shape index (κ2) is 12.1. The van der Waals surface area contributed by atoms with Gasteiger partial charge in [0.2, 0.25) is 5.95 Å². The van der Waals surface area contributed by atoms with Gasteiger partial charge in [0.1, 0.15) is 11.2 Å². The summed E-state index contributed by atoms with van der Waals surface area (Å²) in [7, 11) is 3.24. The van der Waals surface area contributed by atoms with Crippen LogP contribution in [0.15, 0.2) is 47.4 Å². The number of hydrogen-bond acceptors (Lipinski definition) is 8. The van der Waals surface area contributed by atoms with Crippen LogP contribution >= 0.6 is 0 Å². The molecule has 0 radical (unpaired) electrons. The summed E-state index contributed by atoms with van der Waals surface area (Å²) in [5.41, 5.74) is 1.17. The molecule has 1 fully saturated rings. The Balaban J connectivity index is 1.41. The first kappa shape index (κ1) is 30.1. The van der Waals surface area contributed by atoms with Gasteiger partial charge in [-0.25, -0.2) is 9.97 Å². The van der Waals surface area contributed by atoms with E-state index in [1.165, 1.54) is 22.9 Å². The van der Waals surface area contributed by atoms with Crippen LogP contribution in [-0.4, -0.2) is 75.0 Å².